The molecule has 214 valence electrons. The lowest BCUT2D eigenvalue weighted by molar-refractivity contribution is -0.146. The molecular formula is C29H28BrCl2N5O4. The lowest BCUT2D eigenvalue weighted by Crippen LogP contribution is -2.53. The highest BCUT2D eigenvalue weighted by molar-refractivity contribution is 9.12. The lowest BCUT2D eigenvalue weighted by atomic mass is 9.62. The first kappa shape index (κ1) is 29.3. The van der Waals surface area contributed by atoms with Gasteiger partial charge in [0.15, 0.2) is 5.78 Å². The number of nitrogens with one attached hydrogen (secondary N) is 2. The zero-order chi connectivity index (χ0) is 29.0. The number of allylic oxidation sites excluding steroid dienone is 2. The van der Waals surface area contributed by atoms with Crippen LogP contribution in [0, 0.1) is 5.41 Å². The van der Waals surface area contributed by atoms with E-state index in [1.807, 2.05) is 16.7 Å². The molecule has 2 heterocycles. The number of rotatable bonds is 10. The van der Waals surface area contributed by atoms with Gasteiger partial charge in [-0.3, -0.25) is 14.6 Å². The third-order valence-electron chi connectivity index (χ3n) is 7.53. The van der Waals surface area contributed by atoms with E-state index in [-0.39, 0.29) is 28.0 Å². The molecule has 1 atom stereocenters. The molecule has 3 aromatic rings. The molecule has 1 fully saturated rings. The fraction of sp³-hybridized carbons (Fsp3) is 0.345. The van der Waals surface area contributed by atoms with Gasteiger partial charge in [-0.05, 0) is 46.5 Å². The highest BCUT2D eigenvalue weighted by Gasteiger charge is 2.53. The topological polar surface area (TPSA) is 115 Å². The van der Waals surface area contributed by atoms with Crippen LogP contribution in [0.15, 0.2) is 65.6 Å². The Hall–Kier alpha value is -3.21. The van der Waals surface area contributed by atoms with Crippen LogP contribution < -0.4 is 10.6 Å². The Morgan fingerprint density at radius 3 is 2.44 bits per heavy atom. The molecule has 1 unspecified atom stereocenters. The van der Waals surface area contributed by atoms with Crippen LogP contribution in [0.3, 0.4) is 0 Å². The number of pyridine rings is 1. The first-order valence-electron chi connectivity index (χ1n) is 13.3. The largest absolute Gasteiger partial charge is 0.462 e. The average Bonchev–Trinajstić information content (AvgIpc) is 3.49. The molecule has 41 heavy (non-hydrogen) atoms. The number of halogens is 3. The minimum absolute atomic E-state index is 0.0985. The van der Waals surface area contributed by atoms with E-state index < -0.39 is 23.3 Å². The van der Waals surface area contributed by atoms with E-state index in [2.05, 4.69) is 36.5 Å². The van der Waals surface area contributed by atoms with E-state index in [4.69, 9.17) is 27.9 Å². The summed E-state index contributed by atoms with van der Waals surface area (Å²) < 4.78 is 7.98. The monoisotopic (exact) mass is 659 g/mol. The molecule has 1 saturated carbocycles. The number of ether oxygens (including phenoxy) is 1. The second-order valence-electron chi connectivity index (χ2n) is 10.2. The molecule has 0 saturated heterocycles. The normalized spacial score (nSPS) is 16.7. The Morgan fingerprint density at radius 1 is 1.07 bits per heavy atom. The van der Waals surface area contributed by atoms with Crippen molar-refractivity contribution >= 4 is 62.5 Å². The molecule has 12 heteroatoms. The molecule has 2 aliphatic carbocycles. The van der Waals surface area contributed by atoms with Crippen molar-refractivity contribution in [3.63, 3.8) is 0 Å². The maximum atomic E-state index is 13.3. The number of benzene rings is 1. The van der Waals surface area contributed by atoms with Gasteiger partial charge in [0.2, 0.25) is 0 Å². The summed E-state index contributed by atoms with van der Waals surface area (Å²) in [5.74, 6) is -0.774. The van der Waals surface area contributed by atoms with Crippen LogP contribution >= 0.6 is 39.1 Å². The van der Waals surface area contributed by atoms with Gasteiger partial charge in [0.1, 0.15) is 12.6 Å². The summed E-state index contributed by atoms with van der Waals surface area (Å²) in [7, 11) is 0. The minimum atomic E-state index is -0.720. The predicted octanol–water partition coefficient (Wildman–Crippen LogP) is 5.72. The van der Waals surface area contributed by atoms with Crippen molar-refractivity contribution in [3.8, 4) is 0 Å². The predicted molar refractivity (Wildman–Crippen MR) is 159 cm³/mol. The Labute approximate surface area is 255 Å². The summed E-state index contributed by atoms with van der Waals surface area (Å²) in [5, 5.41) is 6.46. The fourth-order valence-electron chi connectivity index (χ4n) is 5.34. The second-order valence-corrected chi connectivity index (χ2v) is 11.8. The summed E-state index contributed by atoms with van der Waals surface area (Å²) in [4.78, 5) is 46.8. The van der Waals surface area contributed by atoms with Crippen LogP contribution in [-0.2, 0) is 27.3 Å². The van der Waals surface area contributed by atoms with Gasteiger partial charge in [-0.15, -0.1) is 0 Å². The quantitative estimate of drug-likeness (QED) is 0.267. The number of aromatic nitrogens is 3. The number of hydrogen-bond acceptors (Lipinski definition) is 7. The Balaban J connectivity index is 1.30. The van der Waals surface area contributed by atoms with Gasteiger partial charge in [-0.2, -0.15) is 0 Å². The van der Waals surface area contributed by atoms with E-state index in [0.29, 0.717) is 23.1 Å². The summed E-state index contributed by atoms with van der Waals surface area (Å²) in [6.07, 6.45) is 12.7. The standard InChI is InChI=1S/C29H28BrCl2N5O4/c30-24-25(29(26(24)38)8-2-1-3-9-29)36-22(28(40)41-13-12-37-11-10-33-17-37)14-18-4-6-19(7-5-18)35-27(39)23-20(31)15-34-16-21(23)32/h4-7,10-11,15-17,22,36H,1-3,8-9,12-14H2,(H,35,39). The van der Waals surface area contributed by atoms with E-state index in [0.717, 1.165) is 43.4 Å². The van der Waals surface area contributed by atoms with Gasteiger partial charge in [0.05, 0.1) is 38.4 Å². The van der Waals surface area contributed by atoms with Gasteiger partial charge in [0, 0.05) is 42.6 Å². The van der Waals surface area contributed by atoms with Crippen molar-refractivity contribution in [2.45, 2.75) is 51.1 Å². The number of carbonyl (C=O) groups is 3. The average molecular weight is 661 g/mol. The lowest BCUT2D eigenvalue weighted by Gasteiger charge is -2.46. The number of anilines is 1. The van der Waals surface area contributed by atoms with Crippen LogP contribution in [0.4, 0.5) is 5.69 Å². The van der Waals surface area contributed by atoms with Crippen LogP contribution in [0.2, 0.25) is 10.0 Å². The first-order chi connectivity index (χ1) is 19.8. The maximum Gasteiger partial charge on any atom is 0.328 e. The first-order valence-corrected chi connectivity index (χ1v) is 14.9. The highest BCUT2D eigenvalue weighted by Crippen LogP contribution is 2.53. The maximum absolute atomic E-state index is 13.3. The molecule has 2 aliphatic rings. The number of esters is 1. The Morgan fingerprint density at radius 2 is 1.78 bits per heavy atom. The fourth-order valence-corrected chi connectivity index (χ4v) is 6.75. The van der Waals surface area contributed by atoms with Gasteiger partial charge in [-0.1, -0.05) is 54.6 Å². The molecule has 1 amide bonds. The summed E-state index contributed by atoms with van der Waals surface area (Å²) in [6.45, 7) is 0.663. The smallest absolute Gasteiger partial charge is 0.328 e. The highest BCUT2D eigenvalue weighted by atomic mass is 79.9. The number of nitrogens with zero attached hydrogens (tertiary/aromatic N) is 3. The van der Waals surface area contributed by atoms with Gasteiger partial charge < -0.3 is 19.9 Å². The van der Waals surface area contributed by atoms with E-state index in [1.54, 1.807) is 30.9 Å². The third kappa shape index (κ3) is 6.34. The van der Waals surface area contributed by atoms with Crippen molar-refractivity contribution < 1.29 is 19.1 Å². The van der Waals surface area contributed by atoms with Crippen molar-refractivity contribution in [1.29, 1.82) is 0 Å². The molecule has 1 aromatic carbocycles. The van der Waals surface area contributed by atoms with Crippen molar-refractivity contribution in [2.24, 2.45) is 5.41 Å². The molecule has 0 aliphatic heterocycles. The number of amides is 1. The molecule has 2 aromatic heterocycles. The van der Waals surface area contributed by atoms with Crippen LogP contribution in [0.25, 0.3) is 0 Å². The van der Waals surface area contributed by atoms with Gasteiger partial charge in [0.25, 0.3) is 5.91 Å². The SMILES string of the molecule is O=C(Nc1ccc(CC(NC2=C(Br)C(=O)C23CCCCC3)C(=O)OCCn2ccnc2)cc1)c1c(Cl)cncc1Cl. The molecule has 0 bridgehead atoms. The van der Waals surface area contributed by atoms with E-state index >= 15 is 0 Å². The van der Waals surface area contributed by atoms with Crippen LogP contribution in [0.5, 0.6) is 0 Å². The van der Waals surface area contributed by atoms with Crippen LogP contribution in [-0.4, -0.2) is 44.8 Å². The van der Waals surface area contributed by atoms with Crippen LogP contribution in [0.1, 0.15) is 48.0 Å². The van der Waals surface area contributed by atoms with E-state index in [1.165, 1.54) is 12.4 Å². The summed E-state index contributed by atoms with van der Waals surface area (Å²) in [6, 6.07) is 6.40. The number of imidazole rings is 1. The number of carbonyl (C=O) groups excluding carboxylic acids is 3. The molecule has 2 N–H and O–H groups in total. The minimum Gasteiger partial charge on any atom is -0.462 e. The molecule has 9 nitrogen and oxygen atoms in total. The number of ketones is 1. The molecule has 5 rings (SSSR count). The summed E-state index contributed by atoms with van der Waals surface area (Å²) in [5.41, 5.74) is 1.74. The number of hydrogen-bond donors (Lipinski definition) is 2. The zero-order valence-corrected chi connectivity index (χ0v) is 25.1. The van der Waals surface area contributed by atoms with Crippen molar-refractivity contribution in [2.75, 3.05) is 11.9 Å². The number of Topliss-reactive ketones (excluding diaryl/α,β-unsaturated/α-hetero) is 1. The zero-order valence-electron chi connectivity index (χ0n) is 22.0. The van der Waals surface area contributed by atoms with Gasteiger partial charge in [-0.25, -0.2) is 9.78 Å². The second kappa shape index (κ2) is 12.8. The molecule has 1 spiro atoms. The molecular weight excluding hydrogens is 633 g/mol. The van der Waals surface area contributed by atoms with Gasteiger partial charge >= 0.3 is 5.97 Å². The summed E-state index contributed by atoms with van der Waals surface area (Å²) >= 11 is 15.7. The molecule has 0 radical (unpaired) electrons. The van der Waals surface area contributed by atoms with Crippen molar-refractivity contribution in [1.82, 2.24) is 19.9 Å². The van der Waals surface area contributed by atoms with E-state index in [9.17, 15) is 14.4 Å². The third-order valence-corrected chi connectivity index (χ3v) is 8.86. The Kier molecular flexibility index (Phi) is 9.11. The van der Waals surface area contributed by atoms with Crippen molar-refractivity contribution in [3.05, 3.63) is 86.7 Å². The Bertz CT molecular complexity index is 1450.